The highest BCUT2D eigenvalue weighted by Crippen LogP contribution is 2.19. The minimum Gasteiger partial charge on any atom is -0.385 e. The van der Waals surface area contributed by atoms with Crippen molar-refractivity contribution in [3.8, 4) is 0 Å². The number of hydrogen-bond donors (Lipinski definition) is 1. The van der Waals surface area contributed by atoms with Gasteiger partial charge in [0.25, 0.3) is 5.91 Å². The molecular weight excluding hydrogens is 324 g/mol. The highest BCUT2D eigenvalue weighted by atomic mass is 79.9. The van der Waals surface area contributed by atoms with Gasteiger partial charge in [-0.15, -0.1) is 0 Å². The van der Waals surface area contributed by atoms with Gasteiger partial charge in [0.2, 0.25) is 6.10 Å². The second-order valence-electron chi connectivity index (χ2n) is 4.48. The van der Waals surface area contributed by atoms with Crippen molar-refractivity contribution in [3.63, 3.8) is 0 Å². The van der Waals surface area contributed by atoms with E-state index in [2.05, 4.69) is 26.4 Å². The molecule has 2 rings (SSSR count). The van der Waals surface area contributed by atoms with Gasteiger partial charge in [0, 0.05) is 36.7 Å². The van der Waals surface area contributed by atoms with Crippen LogP contribution < -0.4 is 5.32 Å². The number of rotatable bonds is 6. The molecule has 1 aliphatic heterocycles. The van der Waals surface area contributed by atoms with Gasteiger partial charge in [-0.25, -0.2) is 0 Å². The first kappa shape index (κ1) is 15.0. The van der Waals surface area contributed by atoms with Crippen LogP contribution in [0.25, 0.3) is 0 Å². The average Bonchev–Trinajstić information content (AvgIpc) is 2.93. The molecule has 0 aromatic heterocycles. The van der Waals surface area contributed by atoms with Crippen molar-refractivity contribution in [1.29, 1.82) is 0 Å². The molecule has 5 nitrogen and oxygen atoms in total. The third-order valence-corrected chi connectivity index (χ3v) is 3.44. The lowest BCUT2D eigenvalue weighted by Gasteiger charge is -2.09. The van der Waals surface area contributed by atoms with Gasteiger partial charge < -0.3 is 14.9 Å². The largest absolute Gasteiger partial charge is 0.385 e. The van der Waals surface area contributed by atoms with Crippen molar-refractivity contribution in [2.45, 2.75) is 18.9 Å². The Labute approximate surface area is 126 Å². The summed E-state index contributed by atoms with van der Waals surface area (Å²) in [5.41, 5.74) is 1.76. The number of carbonyl (C=O) groups is 1. The SMILES string of the molecule is COCCCNC(=O)C1CC(c2cccc(Br)c2)=NO1. The summed E-state index contributed by atoms with van der Waals surface area (Å²) in [7, 11) is 1.64. The molecule has 1 unspecified atom stereocenters. The predicted octanol–water partition coefficient (Wildman–Crippen LogP) is 2.09. The molecule has 0 saturated carbocycles. The number of amides is 1. The topological polar surface area (TPSA) is 59.9 Å². The predicted molar refractivity (Wildman–Crippen MR) is 79.7 cm³/mol. The van der Waals surface area contributed by atoms with Crippen LogP contribution in [-0.4, -0.2) is 38.0 Å². The molecular formula is C14H17BrN2O3. The van der Waals surface area contributed by atoms with Crippen LogP contribution >= 0.6 is 15.9 Å². The van der Waals surface area contributed by atoms with Crippen molar-refractivity contribution in [1.82, 2.24) is 5.32 Å². The van der Waals surface area contributed by atoms with Gasteiger partial charge in [-0.1, -0.05) is 33.2 Å². The summed E-state index contributed by atoms with van der Waals surface area (Å²) in [5, 5.41) is 6.82. The summed E-state index contributed by atoms with van der Waals surface area (Å²) in [6.45, 7) is 1.21. The van der Waals surface area contributed by atoms with Crippen LogP contribution in [-0.2, 0) is 14.4 Å². The molecule has 0 spiro atoms. The van der Waals surface area contributed by atoms with Crippen LogP contribution in [0, 0.1) is 0 Å². The third-order valence-electron chi connectivity index (χ3n) is 2.94. The standard InChI is InChI=1S/C14H17BrN2O3/c1-19-7-3-6-16-14(18)13-9-12(17-20-13)10-4-2-5-11(15)8-10/h2,4-5,8,13H,3,6-7,9H2,1H3,(H,16,18). The molecule has 1 aromatic rings. The number of methoxy groups -OCH3 is 1. The molecule has 0 aliphatic carbocycles. The summed E-state index contributed by atoms with van der Waals surface area (Å²) >= 11 is 3.42. The third kappa shape index (κ3) is 4.05. The number of nitrogens with one attached hydrogen (secondary N) is 1. The first-order chi connectivity index (χ1) is 9.70. The number of ether oxygens (including phenoxy) is 1. The highest BCUT2D eigenvalue weighted by Gasteiger charge is 2.28. The molecule has 1 N–H and O–H groups in total. The molecule has 1 atom stereocenters. The van der Waals surface area contributed by atoms with E-state index >= 15 is 0 Å². The van der Waals surface area contributed by atoms with E-state index in [1.807, 2.05) is 24.3 Å². The van der Waals surface area contributed by atoms with Crippen LogP contribution in [0.5, 0.6) is 0 Å². The molecule has 1 aromatic carbocycles. The van der Waals surface area contributed by atoms with Gasteiger partial charge in [0.05, 0.1) is 5.71 Å². The van der Waals surface area contributed by atoms with Crippen LogP contribution in [0.3, 0.4) is 0 Å². The number of hydrogen-bond acceptors (Lipinski definition) is 4. The molecule has 1 amide bonds. The van der Waals surface area contributed by atoms with Crippen LogP contribution in [0.1, 0.15) is 18.4 Å². The zero-order chi connectivity index (χ0) is 14.4. The first-order valence-electron chi connectivity index (χ1n) is 6.46. The zero-order valence-electron chi connectivity index (χ0n) is 11.3. The van der Waals surface area contributed by atoms with Gasteiger partial charge in [-0.2, -0.15) is 0 Å². The van der Waals surface area contributed by atoms with Crippen LogP contribution in [0.2, 0.25) is 0 Å². The Morgan fingerprint density at radius 1 is 1.60 bits per heavy atom. The second kappa shape index (κ2) is 7.40. The summed E-state index contributed by atoms with van der Waals surface area (Å²) in [4.78, 5) is 17.1. The number of benzene rings is 1. The Kier molecular flexibility index (Phi) is 5.55. The van der Waals surface area contributed by atoms with E-state index in [-0.39, 0.29) is 5.91 Å². The number of carbonyl (C=O) groups excluding carboxylic acids is 1. The van der Waals surface area contributed by atoms with Crippen molar-refractivity contribution in [2.75, 3.05) is 20.3 Å². The highest BCUT2D eigenvalue weighted by molar-refractivity contribution is 9.10. The zero-order valence-corrected chi connectivity index (χ0v) is 12.9. The summed E-state index contributed by atoms with van der Waals surface area (Å²) in [6.07, 6.45) is 0.743. The first-order valence-corrected chi connectivity index (χ1v) is 7.25. The van der Waals surface area contributed by atoms with E-state index in [9.17, 15) is 4.79 Å². The Bertz CT molecular complexity index is 505. The Morgan fingerprint density at radius 3 is 3.20 bits per heavy atom. The lowest BCUT2D eigenvalue weighted by Crippen LogP contribution is -2.35. The lowest BCUT2D eigenvalue weighted by atomic mass is 10.0. The number of oxime groups is 1. The molecule has 0 bridgehead atoms. The molecule has 108 valence electrons. The van der Waals surface area contributed by atoms with E-state index in [0.29, 0.717) is 19.6 Å². The van der Waals surface area contributed by atoms with Crippen LogP contribution in [0.15, 0.2) is 33.9 Å². The number of halogens is 1. The van der Waals surface area contributed by atoms with Crippen molar-refractivity contribution in [2.24, 2.45) is 5.16 Å². The van der Waals surface area contributed by atoms with E-state index in [1.165, 1.54) is 0 Å². The minimum absolute atomic E-state index is 0.130. The molecule has 0 saturated heterocycles. The van der Waals surface area contributed by atoms with Gasteiger partial charge >= 0.3 is 0 Å². The van der Waals surface area contributed by atoms with Gasteiger partial charge in [0.1, 0.15) is 0 Å². The molecule has 1 aliphatic rings. The summed E-state index contributed by atoms with van der Waals surface area (Å²) < 4.78 is 5.90. The van der Waals surface area contributed by atoms with E-state index in [1.54, 1.807) is 7.11 Å². The van der Waals surface area contributed by atoms with Crippen molar-refractivity contribution < 1.29 is 14.4 Å². The molecule has 0 fully saturated rings. The molecule has 1 heterocycles. The molecule has 20 heavy (non-hydrogen) atoms. The Hall–Kier alpha value is -1.40. The molecule has 0 radical (unpaired) electrons. The summed E-state index contributed by atoms with van der Waals surface area (Å²) in [6, 6.07) is 7.78. The maximum absolute atomic E-state index is 11.9. The maximum Gasteiger partial charge on any atom is 0.264 e. The summed E-state index contributed by atoms with van der Waals surface area (Å²) in [5.74, 6) is -0.130. The lowest BCUT2D eigenvalue weighted by molar-refractivity contribution is -0.131. The van der Waals surface area contributed by atoms with Crippen LogP contribution in [0.4, 0.5) is 0 Å². The van der Waals surface area contributed by atoms with Gasteiger partial charge in [-0.3, -0.25) is 4.79 Å². The van der Waals surface area contributed by atoms with Gasteiger partial charge in [0.15, 0.2) is 0 Å². The maximum atomic E-state index is 11.9. The number of nitrogens with zero attached hydrogens (tertiary/aromatic N) is 1. The quantitative estimate of drug-likeness (QED) is 0.806. The van der Waals surface area contributed by atoms with Crippen molar-refractivity contribution >= 4 is 27.5 Å². The molecule has 6 heteroatoms. The van der Waals surface area contributed by atoms with E-state index < -0.39 is 6.10 Å². The average molecular weight is 341 g/mol. The fourth-order valence-corrected chi connectivity index (χ4v) is 2.30. The fraction of sp³-hybridized carbons (Fsp3) is 0.429. The van der Waals surface area contributed by atoms with E-state index in [4.69, 9.17) is 9.57 Å². The Balaban J connectivity index is 1.83. The van der Waals surface area contributed by atoms with Crippen molar-refractivity contribution in [3.05, 3.63) is 34.3 Å². The normalized spacial score (nSPS) is 17.5. The fourth-order valence-electron chi connectivity index (χ4n) is 1.90. The van der Waals surface area contributed by atoms with E-state index in [0.717, 1.165) is 22.2 Å². The second-order valence-corrected chi connectivity index (χ2v) is 5.40. The van der Waals surface area contributed by atoms with Gasteiger partial charge in [-0.05, 0) is 18.6 Å². The minimum atomic E-state index is -0.536. The smallest absolute Gasteiger partial charge is 0.264 e. The monoisotopic (exact) mass is 340 g/mol. The Morgan fingerprint density at radius 2 is 2.45 bits per heavy atom.